The third-order valence-electron chi connectivity index (χ3n) is 2.40. The number of carboxylic acid groups (broad SMARTS) is 1. The standard InChI is InChI=1S/C15H20N2O4/c1-15(2,3)21-14(20)17-9-5-7-10-6-4-8-11(16)12(10)13(18)19/h4-8H,9,16H2,1-3H3,(H,17,20)(H,18,19). The first-order valence-corrected chi connectivity index (χ1v) is 6.46. The zero-order valence-corrected chi connectivity index (χ0v) is 12.3. The smallest absolute Gasteiger partial charge is 0.407 e. The predicted octanol–water partition coefficient (Wildman–Crippen LogP) is 2.50. The van der Waals surface area contributed by atoms with Gasteiger partial charge in [0.1, 0.15) is 5.60 Å². The van der Waals surface area contributed by atoms with Crippen LogP contribution in [0.5, 0.6) is 0 Å². The van der Waals surface area contributed by atoms with Crippen LogP contribution in [0, 0.1) is 0 Å². The van der Waals surface area contributed by atoms with Gasteiger partial charge in [0, 0.05) is 12.2 Å². The molecule has 21 heavy (non-hydrogen) atoms. The number of aromatic carboxylic acids is 1. The molecule has 0 saturated carbocycles. The molecule has 0 spiro atoms. The van der Waals surface area contributed by atoms with E-state index in [9.17, 15) is 9.59 Å². The Morgan fingerprint density at radius 2 is 2.05 bits per heavy atom. The number of alkyl carbamates (subject to hydrolysis) is 1. The first kappa shape index (κ1) is 16.6. The molecule has 0 saturated heterocycles. The highest BCUT2D eigenvalue weighted by atomic mass is 16.6. The summed E-state index contributed by atoms with van der Waals surface area (Å²) in [5, 5.41) is 11.7. The van der Waals surface area contributed by atoms with Crippen LogP contribution in [0.3, 0.4) is 0 Å². The number of carbonyl (C=O) groups is 2. The Balaban J connectivity index is 2.65. The molecule has 0 radical (unpaired) electrons. The molecule has 114 valence electrons. The Kier molecular flexibility index (Phi) is 5.35. The highest BCUT2D eigenvalue weighted by Gasteiger charge is 2.15. The third-order valence-corrected chi connectivity index (χ3v) is 2.40. The zero-order valence-electron chi connectivity index (χ0n) is 12.3. The lowest BCUT2D eigenvalue weighted by Crippen LogP contribution is -2.32. The van der Waals surface area contributed by atoms with Crippen LogP contribution in [0.2, 0.25) is 0 Å². The number of nitrogens with two attached hydrogens (primary N) is 1. The number of amides is 1. The number of rotatable bonds is 4. The predicted molar refractivity (Wildman–Crippen MR) is 81.1 cm³/mol. The number of ether oxygens (including phenoxy) is 1. The fourth-order valence-corrected chi connectivity index (χ4v) is 1.62. The van der Waals surface area contributed by atoms with Gasteiger partial charge in [0.05, 0.1) is 5.56 Å². The minimum atomic E-state index is -1.09. The van der Waals surface area contributed by atoms with Crippen molar-refractivity contribution in [2.24, 2.45) is 0 Å². The minimum absolute atomic E-state index is 0.0472. The average molecular weight is 292 g/mol. The minimum Gasteiger partial charge on any atom is -0.478 e. The van der Waals surface area contributed by atoms with Gasteiger partial charge in [0.15, 0.2) is 0 Å². The fraction of sp³-hybridized carbons (Fsp3) is 0.333. The van der Waals surface area contributed by atoms with Gasteiger partial charge in [-0.05, 0) is 32.4 Å². The summed E-state index contributed by atoms with van der Waals surface area (Å²) in [7, 11) is 0. The number of anilines is 1. The van der Waals surface area contributed by atoms with Crippen molar-refractivity contribution < 1.29 is 19.4 Å². The second kappa shape index (κ2) is 6.78. The summed E-state index contributed by atoms with van der Waals surface area (Å²) < 4.78 is 5.07. The van der Waals surface area contributed by atoms with E-state index < -0.39 is 17.7 Å². The fourth-order valence-electron chi connectivity index (χ4n) is 1.62. The summed E-state index contributed by atoms with van der Waals surface area (Å²) in [4.78, 5) is 22.6. The third kappa shape index (κ3) is 5.56. The molecule has 6 nitrogen and oxygen atoms in total. The molecule has 1 amide bonds. The molecule has 0 fully saturated rings. The van der Waals surface area contributed by atoms with Crippen molar-refractivity contribution >= 4 is 23.8 Å². The van der Waals surface area contributed by atoms with Gasteiger partial charge in [0.25, 0.3) is 0 Å². The van der Waals surface area contributed by atoms with Crippen LogP contribution < -0.4 is 11.1 Å². The summed E-state index contributed by atoms with van der Waals surface area (Å²) in [6, 6.07) is 4.84. The highest BCUT2D eigenvalue weighted by molar-refractivity contribution is 5.97. The first-order chi connectivity index (χ1) is 9.70. The van der Waals surface area contributed by atoms with Crippen LogP contribution in [0.15, 0.2) is 24.3 Å². The van der Waals surface area contributed by atoms with E-state index >= 15 is 0 Å². The number of nitrogens with one attached hydrogen (secondary N) is 1. The van der Waals surface area contributed by atoms with Crippen molar-refractivity contribution in [3.05, 3.63) is 35.4 Å². The second-order valence-electron chi connectivity index (χ2n) is 5.40. The summed E-state index contributed by atoms with van der Waals surface area (Å²) in [5.41, 5.74) is 5.81. The molecule has 4 N–H and O–H groups in total. The number of carbonyl (C=O) groups excluding carboxylic acids is 1. The van der Waals surface area contributed by atoms with Gasteiger partial charge in [-0.1, -0.05) is 24.3 Å². The lowest BCUT2D eigenvalue weighted by atomic mass is 10.1. The summed E-state index contributed by atoms with van der Waals surface area (Å²) in [6.45, 7) is 5.54. The molecular weight excluding hydrogens is 272 g/mol. The maximum absolute atomic E-state index is 11.4. The van der Waals surface area contributed by atoms with Crippen LogP contribution in [-0.2, 0) is 4.74 Å². The Labute approximate surface area is 123 Å². The quantitative estimate of drug-likeness (QED) is 0.740. The molecule has 0 aliphatic carbocycles. The van der Waals surface area contributed by atoms with Gasteiger partial charge in [-0.3, -0.25) is 0 Å². The SMILES string of the molecule is CC(C)(C)OC(=O)NCC=Cc1cccc(N)c1C(=O)O. The Morgan fingerprint density at radius 3 is 2.62 bits per heavy atom. The average Bonchev–Trinajstić information content (AvgIpc) is 2.32. The molecule has 0 aliphatic rings. The zero-order chi connectivity index (χ0) is 16.0. The molecule has 1 aromatic carbocycles. The van der Waals surface area contributed by atoms with Gasteiger partial charge in [-0.25, -0.2) is 9.59 Å². The van der Waals surface area contributed by atoms with E-state index in [0.717, 1.165) is 0 Å². The van der Waals surface area contributed by atoms with Gasteiger partial charge < -0.3 is 20.9 Å². The van der Waals surface area contributed by atoms with Crippen molar-refractivity contribution in [1.82, 2.24) is 5.32 Å². The molecule has 6 heteroatoms. The number of carboxylic acids is 1. The highest BCUT2D eigenvalue weighted by Crippen LogP contribution is 2.18. The summed E-state index contributed by atoms with van der Waals surface area (Å²) in [5.74, 6) is -1.09. The molecule has 0 unspecified atom stereocenters. The van der Waals surface area contributed by atoms with E-state index in [1.54, 1.807) is 45.1 Å². The molecule has 0 aromatic heterocycles. The van der Waals surface area contributed by atoms with Gasteiger partial charge in [-0.2, -0.15) is 0 Å². The van der Waals surface area contributed by atoms with Crippen molar-refractivity contribution in [2.45, 2.75) is 26.4 Å². The number of hydrogen-bond donors (Lipinski definition) is 3. The van der Waals surface area contributed by atoms with Crippen LogP contribution in [0.1, 0.15) is 36.7 Å². The van der Waals surface area contributed by atoms with E-state index in [2.05, 4.69) is 5.32 Å². The molecule has 0 aliphatic heterocycles. The lowest BCUT2D eigenvalue weighted by Gasteiger charge is -2.19. The summed E-state index contributed by atoms with van der Waals surface area (Å²) in [6.07, 6.45) is 2.70. The van der Waals surface area contributed by atoms with Crippen molar-refractivity contribution in [2.75, 3.05) is 12.3 Å². The molecule has 0 heterocycles. The number of benzene rings is 1. The Hall–Kier alpha value is -2.50. The van der Waals surface area contributed by atoms with Gasteiger partial charge >= 0.3 is 12.1 Å². The molecule has 0 bridgehead atoms. The second-order valence-corrected chi connectivity index (χ2v) is 5.40. The van der Waals surface area contributed by atoms with Crippen molar-refractivity contribution in [1.29, 1.82) is 0 Å². The van der Waals surface area contributed by atoms with Crippen LogP contribution in [0.4, 0.5) is 10.5 Å². The van der Waals surface area contributed by atoms with Crippen molar-refractivity contribution in [3.8, 4) is 0 Å². The Morgan fingerprint density at radius 1 is 1.38 bits per heavy atom. The number of nitrogen functional groups attached to an aromatic ring is 1. The van der Waals surface area contributed by atoms with Crippen molar-refractivity contribution in [3.63, 3.8) is 0 Å². The van der Waals surface area contributed by atoms with E-state index in [4.69, 9.17) is 15.6 Å². The monoisotopic (exact) mass is 292 g/mol. The van der Waals surface area contributed by atoms with E-state index in [0.29, 0.717) is 5.56 Å². The molecule has 1 aromatic rings. The largest absolute Gasteiger partial charge is 0.478 e. The molecule has 1 rings (SSSR count). The summed E-state index contributed by atoms with van der Waals surface area (Å²) >= 11 is 0. The van der Waals surface area contributed by atoms with Gasteiger partial charge in [-0.15, -0.1) is 0 Å². The van der Waals surface area contributed by atoms with Crippen LogP contribution in [0.25, 0.3) is 6.08 Å². The number of hydrogen-bond acceptors (Lipinski definition) is 4. The lowest BCUT2D eigenvalue weighted by molar-refractivity contribution is 0.0533. The topological polar surface area (TPSA) is 102 Å². The first-order valence-electron chi connectivity index (χ1n) is 6.46. The molecular formula is C15H20N2O4. The van der Waals surface area contributed by atoms with E-state index in [-0.39, 0.29) is 17.8 Å². The van der Waals surface area contributed by atoms with E-state index in [1.807, 2.05) is 0 Å². The normalized spacial score (nSPS) is 11.4. The van der Waals surface area contributed by atoms with Crippen LogP contribution in [-0.4, -0.2) is 29.3 Å². The Bertz CT molecular complexity index is 559. The van der Waals surface area contributed by atoms with Gasteiger partial charge in [0.2, 0.25) is 0 Å². The maximum Gasteiger partial charge on any atom is 0.407 e. The van der Waals surface area contributed by atoms with E-state index in [1.165, 1.54) is 6.07 Å². The maximum atomic E-state index is 11.4. The molecule has 0 atom stereocenters. The van der Waals surface area contributed by atoms with Crippen LogP contribution >= 0.6 is 0 Å².